The highest BCUT2D eigenvalue weighted by molar-refractivity contribution is 6.76. The number of esters is 1. The van der Waals surface area contributed by atoms with E-state index in [1.165, 1.54) is 7.11 Å². The second-order valence-corrected chi connectivity index (χ2v) is 15.3. The van der Waals surface area contributed by atoms with Gasteiger partial charge in [0, 0.05) is 26.9 Å². The Balaban J connectivity index is 1.77. The van der Waals surface area contributed by atoms with Gasteiger partial charge in [-0.05, 0) is 41.9 Å². The summed E-state index contributed by atoms with van der Waals surface area (Å²) in [5, 5.41) is 9.30. The van der Waals surface area contributed by atoms with Gasteiger partial charge in [0.15, 0.2) is 5.82 Å². The van der Waals surface area contributed by atoms with Crippen molar-refractivity contribution < 1.29 is 24.1 Å². The number of hydrogen-bond acceptors (Lipinski definition) is 7. The highest BCUT2D eigenvalue weighted by Gasteiger charge is 2.21. The minimum atomic E-state index is -1.24. The van der Waals surface area contributed by atoms with E-state index in [-0.39, 0.29) is 18.9 Å². The smallest absolute Gasteiger partial charge is 0.341 e. The van der Waals surface area contributed by atoms with E-state index >= 15 is 0 Å². The van der Waals surface area contributed by atoms with Gasteiger partial charge in [-0.15, -0.1) is 0 Å². The Morgan fingerprint density at radius 1 is 1.08 bits per heavy atom. The fourth-order valence-electron chi connectivity index (χ4n) is 3.65. The van der Waals surface area contributed by atoms with E-state index in [0.29, 0.717) is 40.7 Å². The molecule has 36 heavy (non-hydrogen) atoms. The van der Waals surface area contributed by atoms with Crippen LogP contribution < -0.4 is 4.74 Å². The Bertz CT molecular complexity index is 1330. The van der Waals surface area contributed by atoms with Crippen LogP contribution in [0.15, 0.2) is 60.8 Å². The van der Waals surface area contributed by atoms with Crippen LogP contribution in [0, 0.1) is 0 Å². The molecule has 8 nitrogen and oxygen atoms in total. The van der Waals surface area contributed by atoms with E-state index in [4.69, 9.17) is 19.2 Å². The molecular weight excluding hydrogens is 474 g/mol. The lowest BCUT2D eigenvalue weighted by Crippen LogP contribution is -2.22. The lowest BCUT2D eigenvalue weighted by molar-refractivity contribution is 0.0597. The average molecular weight is 506 g/mol. The number of aromatic nitrogens is 3. The number of imidazole rings is 1. The zero-order valence-electron chi connectivity index (χ0n) is 21.0. The fourth-order valence-corrected chi connectivity index (χ4v) is 4.41. The first kappa shape index (κ1) is 25.6. The lowest BCUT2D eigenvalue weighted by atomic mass is 10.1. The van der Waals surface area contributed by atoms with Crippen molar-refractivity contribution in [3.8, 4) is 23.0 Å². The summed E-state index contributed by atoms with van der Waals surface area (Å²) in [7, 11) is 0.0919. The van der Waals surface area contributed by atoms with Gasteiger partial charge in [-0.1, -0.05) is 37.8 Å². The number of nitrogens with zero attached hydrogens (tertiary/aromatic N) is 3. The van der Waals surface area contributed by atoms with E-state index in [2.05, 4.69) is 24.6 Å². The van der Waals surface area contributed by atoms with Crippen molar-refractivity contribution in [1.82, 2.24) is 14.5 Å². The van der Waals surface area contributed by atoms with E-state index in [1.54, 1.807) is 42.6 Å². The van der Waals surface area contributed by atoms with Gasteiger partial charge in [0.1, 0.15) is 29.5 Å². The summed E-state index contributed by atoms with van der Waals surface area (Å²) in [6.45, 7) is 7.78. The van der Waals surface area contributed by atoms with Gasteiger partial charge in [0.25, 0.3) is 0 Å². The SMILES string of the molecule is COC(=O)c1cc2c(cc1Oc1ccc(CO)cc1)nc(-c1ccccn1)n2COCC[Si](C)(C)C. The average Bonchev–Trinajstić information content (AvgIpc) is 3.23. The zero-order valence-corrected chi connectivity index (χ0v) is 22.0. The molecule has 0 saturated heterocycles. The first-order valence-corrected chi connectivity index (χ1v) is 15.5. The van der Waals surface area contributed by atoms with E-state index in [1.807, 2.05) is 22.8 Å². The first-order chi connectivity index (χ1) is 17.3. The molecule has 0 aliphatic rings. The summed E-state index contributed by atoms with van der Waals surface area (Å²) in [6.07, 6.45) is 1.72. The molecule has 9 heteroatoms. The first-order valence-electron chi connectivity index (χ1n) is 11.8. The van der Waals surface area contributed by atoms with E-state index < -0.39 is 14.0 Å². The molecule has 2 aromatic heterocycles. The van der Waals surface area contributed by atoms with Gasteiger partial charge < -0.3 is 19.3 Å². The standard InChI is InChI=1S/C27H31N3O5Si/c1-33-27(32)21-15-24-23(16-25(21)35-20-10-8-19(17-31)9-11-20)29-26(22-7-5-6-12-28-22)30(24)18-34-13-14-36(2,3)4/h5-12,15-16,31H,13-14,17-18H2,1-4H3. The van der Waals surface area contributed by atoms with Crippen molar-refractivity contribution in [1.29, 1.82) is 0 Å². The van der Waals surface area contributed by atoms with Gasteiger partial charge in [-0.3, -0.25) is 9.55 Å². The Labute approximate surface area is 211 Å². The molecule has 2 aromatic carbocycles. The highest BCUT2D eigenvalue weighted by atomic mass is 28.3. The summed E-state index contributed by atoms with van der Waals surface area (Å²) in [5.41, 5.74) is 3.08. The number of rotatable bonds is 10. The number of aliphatic hydroxyl groups is 1. The molecular formula is C27H31N3O5Si. The van der Waals surface area contributed by atoms with Gasteiger partial charge in [-0.2, -0.15) is 0 Å². The number of ether oxygens (including phenoxy) is 3. The number of aliphatic hydroxyl groups excluding tert-OH is 1. The van der Waals surface area contributed by atoms with Crippen LogP contribution in [0.25, 0.3) is 22.6 Å². The van der Waals surface area contributed by atoms with Crippen molar-refractivity contribution in [3.63, 3.8) is 0 Å². The summed E-state index contributed by atoms with van der Waals surface area (Å²) >= 11 is 0. The molecule has 0 fully saturated rings. The van der Waals surface area contributed by atoms with Gasteiger partial charge in [-0.25, -0.2) is 9.78 Å². The molecule has 188 valence electrons. The molecule has 0 amide bonds. The van der Waals surface area contributed by atoms with Crippen LogP contribution in [-0.4, -0.2) is 47.4 Å². The van der Waals surface area contributed by atoms with Crippen molar-refractivity contribution in [2.45, 2.75) is 39.0 Å². The summed E-state index contributed by atoms with van der Waals surface area (Å²) in [5.74, 6) is 0.961. The number of pyridine rings is 1. The maximum absolute atomic E-state index is 12.7. The fraction of sp³-hybridized carbons (Fsp3) is 0.296. The summed E-state index contributed by atoms with van der Waals surface area (Å²) < 4.78 is 19.1. The third-order valence-corrected chi connectivity index (χ3v) is 7.40. The lowest BCUT2D eigenvalue weighted by Gasteiger charge is -2.16. The summed E-state index contributed by atoms with van der Waals surface area (Å²) in [6, 6.07) is 17.1. The van der Waals surface area contributed by atoms with Crippen LogP contribution in [0.4, 0.5) is 0 Å². The molecule has 0 bridgehead atoms. The Morgan fingerprint density at radius 3 is 2.50 bits per heavy atom. The number of carbonyl (C=O) groups excluding carboxylic acids is 1. The van der Waals surface area contributed by atoms with Gasteiger partial charge in [0.05, 0.1) is 24.8 Å². The number of methoxy groups -OCH3 is 1. The second-order valence-electron chi connectivity index (χ2n) is 9.66. The van der Waals surface area contributed by atoms with Crippen LogP contribution in [0.3, 0.4) is 0 Å². The van der Waals surface area contributed by atoms with Gasteiger partial charge in [0.2, 0.25) is 0 Å². The normalized spacial score (nSPS) is 11.6. The predicted octanol–water partition coefficient (Wildman–Crippen LogP) is 5.48. The van der Waals surface area contributed by atoms with Crippen LogP contribution >= 0.6 is 0 Å². The van der Waals surface area contributed by atoms with Crippen molar-refractivity contribution >= 4 is 25.1 Å². The minimum Gasteiger partial charge on any atom is -0.465 e. The Kier molecular flexibility index (Phi) is 7.83. The molecule has 4 aromatic rings. The van der Waals surface area contributed by atoms with Crippen molar-refractivity contribution in [2.24, 2.45) is 0 Å². The number of benzene rings is 2. The third-order valence-electron chi connectivity index (χ3n) is 5.70. The second kappa shape index (κ2) is 11.0. The molecule has 4 rings (SSSR count). The predicted molar refractivity (Wildman–Crippen MR) is 141 cm³/mol. The molecule has 0 saturated carbocycles. The molecule has 0 atom stereocenters. The Morgan fingerprint density at radius 2 is 1.86 bits per heavy atom. The molecule has 0 aliphatic carbocycles. The Hall–Kier alpha value is -3.53. The largest absolute Gasteiger partial charge is 0.465 e. The zero-order chi connectivity index (χ0) is 25.7. The van der Waals surface area contributed by atoms with Crippen LogP contribution in [0.2, 0.25) is 25.7 Å². The monoisotopic (exact) mass is 505 g/mol. The molecule has 2 heterocycles. The van der Waals surface area contributed by atoms with Crippen molar-refractivity contribution in [3.05, 3.63) is 71.9 Å². The van der Waals surface area contributed by atoms with Crippen LogP contribution in [-0.2, 0) is 22.8 Å². The maximum atomic E-state index is 12.7. The number of carbonyl (C=O) groups is 1. The molecule has 1 N–H and O–H groups in total. The third kappa shape index (κ3) is 5.99. The molecule has 0 radical (unpaired) electrons. The minimum absolute atomic E-state index is 0.0621. The van der Waals surface area contributed by atoms with E-state index in [0.717, 1.165) is 11.6 Å². The number of hydrogen-bond donors (Lipinski definition) is 1. The highest BCUT2D eigenvalue weighted by Crippen LogP contribution is 2.33. The summed E-state index contributed by atoms with van der Waals surface area (Å²) in [4.78, 5) is 22.0. The van der Waals surface area contributed by atoms with Crippen LogP contribution in [0.1, 0.15) is 15.9 Å². The quantitative estimate of drug-likeness (QED) is 0.173. The van der Waals surface area contributed by atoms with Crippen LogP contribution in [0.5, 0.6) is 11.5 Å². The maximum Gasteiger partial charge on any atom is 0.341 e. The van der Waals surface area contributed by atoms with E-state index in [9.17, 15) is 9.90 Å². The molecule has 0 spiro atoms. The number of fused-ring (bicyclic) bond motifs is 1. The van der Waals surface area contributed by atoms with Gasteiger partial charge >= 0.3 is 5.97 Å². The van der Waals surface area contributed by atoms with Crippen molar-refractivity contribution in [2.75, 3.05) is 13.7 Å². The topological polar surface area (TPSA) is 95.7 Å². The molecule has 0 unspecified atom stereocenters. The molecule has 0 aliphatic heterocycles.